The van der Waals surface area contributed by atoms with Crippen molar-refractivity contribution >= 4 is 23.5 Å². The number of ether oxygens (including phenoxy) is 1. The summed E-state index contributed by atoms with van der Waals surface area (Å²) in [6.07, 6.45) is -0.424. The van der Waals surface area contributed by atoms with Crippen LogP contribution in [0.2, 0.25) is 0 Å². The maximum atomic E-state index is 10.6. The van der Waals surface area contributed by atoms with Crippen molar-refractivity contribution in [2.45, 2.75) is 6.92 Å². The van der Waals surface area contributed by atoms with Gasteiger partial charge < -0.3 is 10.1 Å². The minimum Gasteiger partial charge on any atom is -0.450 e. The van der Waals surface area contributed by atoms with Crippen molar-refractivity contribution in [2.24, 2.45) is 4.99 Å². The Kier molecular flexibility index (Phi) is 6.57. The number of rotatable bonds is 4. The summed E-state index contributed by atoms with van der Waals surface area (Å²) in [6.45, 7) is 3.00. The van der Waals surface area contributed by atoms with Crippen LogP contribution in [0.4, 0.5) is 4.79 Å². The molecule has 0 atom stereocenters. The van der Waals surface area contributed by atoms with Crippen LogP contribution >= 0.6 is 12.2 Å². The minimum atomic E-state index is -0.424. The molecule has 0 bridgehead atoms. The molecule has 0 aromatic heterocycles. The zero-order valence-corrected chi connectivity index (χ0v) is 7.11. The molecule has 4 nitrogen and oxygen atoms in total. The molecule has 0 aromatic rings. The molecule has 0 aliphatic rings. The molecule has 0 fully saturated rings. The van der Waals surface area contributed by atoms with Crippen LogP contribution in [0.25, 0.3) is 0 Å². The lowest BCUT2D eigenvalue weighted by Crippen LogP contribution is -2.26. The highest BCUT2D eigenvalue weighted by atomic mass is 32.1. The summed E-state index contributed by atoms with van der Waals surface area (Å²) < 4.78 is 4.58. The third-order valence-corrected chi connectivity index (χ3v) is 0.962. The Bertz CT molecular complexity index is 166. The van der Waals surface area contributed by atoms with E-state index < -0.39 is 6.09 Å². The van der Waals surface area contributed by atoms with Gasteiger partial charge in [0.25, 0.3) is 0 Å². The van der Waals surface area contributed by atoms with Crippen LogP contribution in [0.5, 0.6) is 0 Å². The van der Waals surface area contributed by atoms with E-state index in [2.05, 4.69) is 32.4 Å². The number of thiocarbonyl (C=S) groups is 1. The molecule has 0 heterocycles. The molecule has 5 heteroatoms. The molecule has 0 aliphatic heterocycles. The smallest absolute Gasteiger partial charge is 0.407 e. The van der Waals surface area contributed by atoms with E-state index in [9.17, 15) is 4.79 Å². The van der Waals surface area contributed by atoms with E-state index in [1.54, 1.807) is 6.92 Å². The molecule has 62 valence electrons. The number of aliphatic imine (C=N–C) groups is 1. The van der Waals surface area contributed by atoms with Crippen LogP contribution in [0.1, 0.15) is 6.92 Å². The number of carbonyl (C=O) groups excluding carboxylic acids is 1. The number of hydrogen-bond donors (Lipinski definition) is 1. The van der Waals surface area contributed by atoms with Crippen molar-refractivity contribution < 1.29 is 9.53 Å². The second-order valence-electron chi connectivity index (χ2n) is 1.62. The Morgan fingerprint density at radius 3 is 3.09 bits per heavy atom. The van der Waals surface area contributed by atoms with Crippen molar-refractivity contribution in [3.63, 3.8) is 0 Å². The van der Waals surface area contributed by atoms with Crippen LogP contribution < -0.4 is 5.32 Å². The van der Waals surface area contributed by atoms with Gasteiger partial charge in [-0.25, -0.2) is 9.79 Å². The summed E-state index contributed by atoms with van der Waals surface area (Å²) in [5.74, 6) is 0. The molecular formula is C6H10N2O2S. The van der Waals surface area contributed by atoms with Gasteiger partial charge in [-0.3, -0.25) is 0 Å². The van der Waals surface area contributed by atoms with Gasteiger partial charge in [-0.1, -0.05) is 0 Å². The first-order valence-electron chi connectivity index (χ1n) is 3.25. The summed E-state index contributed by atoms with van der Waals surface area (Å²) in [7, 11) is 0. The molecular weight excluding hydrogens is 164 g/mol. The highest BCUT2D eigenvalue weighted by molar-refractivity contribution is 7.78. The standard InChI is InChI=1S/C6H10N2O2S/c1-2-10-6(9)8-4-3-7-5-11/h2-4H2,1H3,(H,8,9). The van der Waals surface area contributed by atoms with Gasteiger partial charge in [0.05, 0.1) is 18.3 Å². The average Bonchev–Trinajstić information content (AvgIpc) is 1.99. The van der Waals surface area contributed by atoms with Gasteiger partial charge in [0.1, 0.15) is 0 Å². The van der Waals surface area contributed by atoms with Gasteiger partial charge in [0.2, 0.25) is 0 Å². The zero-order chi connectivity index (χ0) is 8.53. The first-order chi connectivity index (χ1) is 5.31. The highest BCUT2D eigenvalue weighted by Gasteiger charge is 1.95. The molecule has 0 rings (SSSR count). The van der Waals surface area contributed by atoms with E-state index in [1.165, 1.54) is 0 Å². The lowest BCUT2D eigenvalue weighted by atomic mass is 10.6. The fourth-order valence-electron chi connectivity index (χ4n) is 0.442. The van der Waals surface area contributed by atoms with Gasteiger partial charge in [0, 0.05) is 6.54 Å². The lowest BCUT2D eigenvalue weighted by molar-refractivity contribution is 0.152. The molecule has 0 aliphatic carbocycles. The number of nitrogens with one attached hydrogen (secondary N) is 1. The second kappa shape index (κ2) is 7.18. The SMILES string of the molecule is CCOC(=O)NCCN=C=S. The number of alkyl carbamates (subject to hydrolysis) is 1. The number of isothiocyanates is 1. The Labute approximate surface area is 70.6 Å². The maximum Gasteiger partial charge on any atom is 0.407 e. The van der Waals surface area contributed by atoms with Gasteiger partial charge in [-0.15, -0.1) is 0 Å². The predicted octanol–water partition coefficient (Wildman–Crippen LogP) is 0.835. The van der Waals surface area contributed by atoms with Gasteiger partial charge >= 0.3 is 6.09 Å². The third kappa shape index (κ3) is 6.96. The topological polar surface area (TPSA) is 50.7 Å². The summed E-state index contributed by atoms with van der Waals surface area (Å²) in [5, 5.41) is 4.67. The first-order valence-corrected chi connectivity index (χ1v) is 3.66. The van der Waals surface area contributed by atoms with Crippen LogP contribution in [0.15, 0.2) is 4.99 Å². The van der Waals surface area contributed by atoms with Gasteiger partial charge in [-0.2, -0.15) is 0 Å². The van der Waals surface area contributed by atoms with E-state index in [4.69, 9.17) is 0 Å². The molecule has 0 saturated carbocycles. The Balaban J connectivity index is 3.23. The molecule has 0 spiro atoms. The summed E-state index contributed by atoms with van der Waals surface area (Å²) in [4.78, 5) is 14.2. The van der Waals surface area contributed by atoms with Crippen LogP contribution in [-0.4, -0.2) is 31.0 Å². The van der Waals surface area contributed by atoms with E-state index in [0.717, 1.165) is 0 Å². The second-order valence-corrected chi connectivity index (χ2v) is 1.80. The third-order valence-electron chi connectivity index (χ3n) is 0.833. The van der Waals surface area contributed by atoms with E-state index in [1.807, 2.05) is 0 Å². The Morgan fingerprint density at radius 1 is 1.82 bits per heavy atom. The highest BCUT2D eigenvalue weighted by Crippen LogP contribution is 1.75. The summed E-state index contributed by atoms with van der Waals surface area (Å²) in [6, 6.07) is 0. The molecule has 0 radical (unpaired) electrons. The van der Waals surface area contributed by atoms with E-state index in [0.29, 0.717) is 19.7 Å². The van der Waals surface area contributed by atoms with Crippen LogP contribution in [-0.2, 0) is 4.74 Å². The first kappa shape index (κ1) is 10.1. The summed E-state index contributed by atoms with van der Waals surface area (Å²) >= 11 is 4.32. The molecule has 0 unspecified atom stereocenters. The number of nitrogens with zero attached hydrogens (tertiary/aromatic N) is 1. The average molecular weight is 174 g/mol. The minimum absolute atomic E-state index is 0.377. The van der Waals surface area contributed by atoms with E-state index >= 15 is 0 Å². The maximum absolute atomic E-state index is 10.6. The normalized spacial score (nSPS) is 8.09. The van der Waals surface area contributed by atoms with Crippen molar-refractivity contribution in [3.05, 3.63) is 0 Å². The molecule has 11 heavy (non-hydrogen) atoms. The van der Waals surface area contributed by atoms with Crippen molar-refractivity contribution in [2.75, 3.05) is 19.7 Å². The molecule has 0 saturated heterocycles. The zero-order valence-electron chi connectivity index (χ0n) is 6.29. The number of amides is 1. The quantitative estimate of drug-likeness (QED) is 0.390. The van der Waals surface area contributed by atoms with Crippen molar-refractivity contribution in [3.8, 4) is 0 Å². The van der Waals surface area contributed by atoms with Crippen LogP contribution in [0.3, 0.4) is 0 Å². The molecule has 0 aromatic carbocycles. The van der Waals surface area contributed by atoms with E-state index in [-0.39, 0.29) is 0 Å². The van der Waals surface area contributed by atoms with Crippen molar-refractivity contribution in [1.29, 1.82) is 0 Å². The fraction of sp³-hybridized carbons (Fsp3) is 0.667. The largest absolute Gasteiger partial charge is 0.450 e. The monoisotopic (exact) mass is 174 g/mol. The molecule has 1 amide bonds. The predicted molar refractivity (Wildman–Crippen MR) is 44.9 cm³/mol. The Hall–Kier alpha value is -0.930. The van der Waals surface area contributed by atoms with Gasteiger partial charge in [0.15, 0.2) is 0 Å². The van der Waals surface area contributed by atoms with Crippen molar-refractivity contribution in [1.82, 2.24) is 5.32 Å². The lowest BCUT2D eigenvalue weighted by Gasteiger charge is -2.01. The van der Waals surface area contributed by atoms with Gasteiger partial charge in [-0.05, 0) is 19.1 Å². The Morgan fingerprint density at radius 2 is 2.55 bits per heavy atom. The number of hydrogen-bond acceptors (Lipinski definition) is 4. The number of carbonyl (C=O) groups is 1. The van der Waals surface area contributed by atoms with Crippen LogP contribution in [0, 0.1) is 0 Å². The molecule has 1 N–H and O–H groups in total. The summed E-state index contributed by atoms with van der Waals surface area (Å²) in [5.41, 5.74) is 0. The fourth-order valence-corrected chi connectivity index (χ4v) is 0.533.